The Morgan fingerprint density at radius 1 is 1.03 bits per heavy atom. The van der Waals surface area contributed by atoms with Crippen molar-refractivity contribution >= 4 is 11.4 Å². The summed E-state index contributed by atoms with van der Waals surface area (Å²) in [6, 6.07) is 7.71. The van der Waals surface area contributed by atoms with E-state index < -0.39 is 36.4 Å². The predicted molar refractivity (Wildman–Crippen MR) is 96.0 cm³/mol. The molecule has 0 aliphatic heterocycles. The van der Waals surface area contributed by atoms with Gasteiger partial charge in [0.05, 0.1) is 30.5 Å². The quantitative estimate of drug-likeness (QED) is 0.341. The van der Waals surface area contributed by atoms with E-state index in [4.69, 9.17) is 0 Å². The molecule has 12 heteroatoms. The molecule has 0 N–H and O–H groups in total. The zero-order valence-electron chi connectivity index (χ0n) is 15.3. The van der Waals surface area contributed by atoms with Crippen molar-refractivity contribution in [1.29, 1.82) is 0 Å². The van der Waals surface area contributed by atoms with Crippen molar-refractivity contribution in [2.45, 2.75) is 19.1 Å². The molecule has 0 atom stereocenters. The van der Waals surface area contributed by atoms with Crippen molar-refractivity contribution in [2.24, 2.45) is 0 Å². The summed E-state index contributed by atoms with van der Waals surface area (Å²) in [5.41, 5.74) is -0.292. The zero-order chi connectivity index (χ0) is 22.3. The first-order chi connectivity index (χ1) is 14.6. The molecule has 0 bridgehead atoms. The number of benzene rings is 1. The van der Waals surface area contributed by atoms with E-state index >= 15 is 0 Å². The van der Waals surface area contributed by atoms with E-state index in [1.165, 1.54) is 24.3 Å². The fourth-order valence-corrected chi connectivity index (χ4v) is 3.06. The van der Waals surface area contributed by atoms with Gasteiger partial charge in [0.15, 0.2) is 5.65 Å². The van der Waals surface area contributed by atoms with Gasteiger partial charge in [0.2, 0.25) is 0 Å². The van der Waals surface area contributed by atoms with E-state index in [2.05, 4.69) is 15.1 Å². The van der Waals surface area contributed by atoms with Crippen LogP contribution in [0, 0.1) is 5.82 Å². The molecule has 1 aromatic carbocycles. The number of imidazole rings is 2. The van der Waals surface area contributed by atoms with Crippen LogP contribution in [0.15, 0.2) is 48.9 Å². The molecule has 3 heterocycles. The van der Waals surface area contributed by atoms with Crippen molar-refractivity contribution in [1.82, 2.24) is 24.1 Å². The van der Waals surface area contributed by atoms with Gasteiger partial charge in [-0.15, -0.1) is 0 Å². The van der Waals surface area contributed by atoms with Gasteiger partial charge in [-0.25, -0.2) is 27.7 Å². The number of carbonyl (C=O) groups is 1. The largest absolute Gasteiger partial charge is 0.456 e. The van der Waals surface area contributed by atoms with Crippen LogP contribution >= 0.6 is 0 Å². The molecular weight excluding hydrogens is 428 g/mol. The number of alkyl halides is 5. The summed E-state index contributed by atoms with van der Waals surface area (Å²) >= 11 is 0. The maximum absolute atomic E-state index is 13.3. The van der Waals surface area contributed by atoms with E-state index in [-0.39, 0.29) is 22.7 Å². The molecule has 6 nitrogen and oxygen atoms in total. The highest BCUT2D eigenvalue weighted by molar-refractivity contribution is 5.99. The third-order valence-electron chi connectivity index (χ3n) is 4.39. The Morgan fingerprint density at radius 3 is 2.39 bits per heavy atom. The Hall–Kier alpha value is -3.70. The van der Waals surface area contributed by atoms with Gasteiger partial charge in [-0.1, -0.05) is 0 Å². The van der Waals surface area contributed by atoms with Crippen LogP contribution in [0.25, 0.3) is 28.3 Å². The van der Waals surface area contributed by atoms with Gasteiger partial charge in [0.1, 0.15) is 17.2 Å². The van der Waals surface area contributed by atoms with Crippen LogP contribution in [0.5, 0.6) is 0 Å². The second-order valence-electron chi connectivity index (χ2n) is 6.45. The molecule has 3 aromatic heterocycles. The zero-order valence-corrected chi connectivity index (χ0v) is 15.3. The number of rotatable bonds is 5. The van der Waals surface area contributed by atoms with Crippen molar-refractivity contribution in [3.05, 3.63) is 60.4 Å². The highest BCUT2D eigenvalue weighted by Gasteiger charge is 2.41. The van der Waals surface area contributed by atoms with Crippen LogP contribution in [-0.2, 0) is 6.54 Å². The molecule has 31 heavy (non-hydrogen) atoms. The summed E-state index contributed by atoms with van der Waals surface area (Å²) in [4.78, 5) is 19.5. The Kier molecular flexibility index (Phi) is 4.99. The average Bonchev–Trinajstić information content (AvgIpc) is 3.30. The van der Waals surface area contributed by atoms with Gasteiger partial charge >= 0.3 is 6.18 Å². The minimum absolute atomic E-state index is 0.0285. The van der Waals surface area contributed by atoms with Crippen LogP contribution in [0.1, 0.15) is 10.5 Å². The maximum atomic E-state index is 13.3. The first-order valence-electron chi connectivity index (χ1n) is 8.71. The number of hydrogen-bond acceptors (Lipinski definition) is 4. The van der Waals surface area contributed by atoms with Crippen molar-refractivity contribution < 1.29 is 31.1 Å². The molecule has 160 valence electrons. The number of carbonyl (C=O) groups excluding carboxylic acids is 1. The summed E-state index contributed by atoms with van der Waals surface area (Å²) in [5, 5.41) is 4.04. The second kappa shape index (κ2) is 7.52. The summed E-state index contributed by atoms with van der Waals surface area (Å²) < 4.78 is 79.9. The van der Waals surface area contributed by atoms with Crippen LogP contribution in [0.4, 0.5) is 26.3 Å². The molecule has 0 fully saturated rings. The number of nitrogens with zero attached hydrogens (tertiary/aromatic N) is 5. The van der Waals surface area contributed by atoms with Gasteiger partial charge < -0.3 is 4.57 Å². The fraction of sp³-hybridized carbons (Fsp3) is 0.158. The second-order valence-corrected chi connectivity index (χ2v) is 6.45. The molecule has 0 spiro atoms. The smallest absolute Gasteiger partial charge is 0.323 e. The molecule has 0 amide bonds. The third-order valence-corrected chi connectivity index (χ3v) is 4.39. The van der Waals surface area contributed by atoms with Gasteiger partial charge in [-0.2, -0.15) is 18.3 Å². The average molecular weight is 439 g/mol. The minimum atomic E-state index is -5.15. The molecule has 0 saturated carbocycles. The number of halogens is 6. The van der Waals surface area contributed by atoms with E-state index in [0.29, 0.717) is 10.1 Å². The Morgan fingerprint density at radius 2 is 1.74 bits per heavy atom. The Labute approximate surface area is 169 Å². The maximum Gasteiger partial charge on any atom is 0.456 e. The predicted octanol–water partition coefficient (Wildman–Crippen LogP) is 4.41. The monoisotopic (exact) mass is 439 g/mol. The minimum Gasteiger partial charge on any atom is -0.323 e. The van der Waals surface area contributed by atoms with Crippen LogP contribution in [0.3, 0.4) is 0 Å². The summed E-state index contributed by atoms with van der Waals surface area (Å²) in [7, 11) is 0. The van der Waals surface area contributed by atoms with Crippen LogP contribution < -0.4 is 0 Å². The van der Waals surface area contributed by atoms with Crippen molar-refractivity contribution in [3.8, 4) is 22.6 Å². The molecule has 4 rings (SSSR count). The third kappa shape index (κ3) is 3.88. The normalized spacial score (nSPS) is 12.1. The highest BCUT2D eigenvalue weighted by atomic mass is 19.4. The van der Waals surface area contributed by atoms with E-state index in [9.17, 15) is 31.1 Å². The fourth-order valence-electron chi connectivity index (χ4n) is 3.06. The standard InChI is InChI=1S/C19H11F6N5O/c20-11-3-1-10(2-4-11)16-17(29(9-27-16)8-14(21)22)12-5-6-15-26-7-13(30(15)28-12)18(31)19(23,24)25/h1-7,9,14H,8H2. The number of fused-ring (bicyclic) bond motifs is 1. The lowest BCUT2D eigenvalue weighted by Crippen LogP contribution is -2.24. The lowest BCUT2D eigenvalue weighted by molar-refractivity contribution is -0.0889. The van der Waals surface area contributed by atoms with Gasteiger partial charge in [-0.3, -0.25) is 4.79 Å². The van der Waals surface area contributed by atoms with Crippen LogP contribution in [-0.4, -0.2) is 42.5 Å². The molecule has 0 unspecified atom stereocenters. The van der Waals surface area contributed by atoms with Crippen molar-refractivity contribution in [2.75, 3.05) is 0 Å². The topological polar surface area (TPSA) is 65.1 Å². The molecule has 0 aliphatic carbocycles. The Balaban J connectivity index is 1.91. The lowest BCUT2D eigenvalue weighted by Gasteiger charge is -2.11. The van der Waals surface area contributed by atoms with E-state index in [0.717, 1.165) is 29.2 Å². The van der Waals surface area contributed by atoms with E-state index in [1.54, 1.807) is 0 Å². The van der Waals surface area contributed by atoms with Gasteiger partial charge in [0.25, 0.3) is 12.2 Å². The lowest BCUT2D eigenvalue weighted by atomic mass is 10.1. The molecule has 0 saturated heterocycles. The van der Waals surface area contributed by atoms with E-state index in [1.807, 2.05) is 0 Å². The Bertz CT molecular complexity index is 1260. The molecule has 0 aliphatic rings. The summed E-state index contributed by atoms with van der Waals surface area (Å²) in [6.07, 6.45) is -6.04. The van der Waals surface area contributed by atoms with Crippen LogP contribution in [0.2, 0.25) is 0 Å². The number of ketones is 1. The number of hydrogen-bond donors (Lipinski definition) is 0. The molecular formula is C19H11F6N5O. The van der Waals surface area contributed by atoms with Crippen molar-refractivity contribution in [3.63, 3.8) is 0 Å². The first-order valence-corrected chi connectivity index (χ1v) is 8.71. The van der Waals surface area contributed by atoms with Gasteiger partial charge in [0, 0.05) is 5.56 Å². The molecule has 0 radical (unpaired) electrons. The van der Waals surface area contributed by atoms with Gasteiger partial charge in [-0.05, 0) is 36.4 Å². The first kappa shape index (κ1) is 20.6. The highest BCUT2D eigenvalue weighted by Crippen LogP contribution is 2.31. The number of aromatic nitrogens is 5. The molecule has 4 aromatic rings. The summed E-state index contributed by atoms with van der Waals surface area (Å²) in [5.74, 6) is -2.67. The summed E-state index contributed by atoms with van der Waals surface area (Å²) in [6.45, 7) is -0.762. The number of Topliss-reactive ketones (excluding diaryl/α,β-unsaturated/α-hetero) is 1. The SMILES string of the molecule is O=C(c1cnc2ccc(-c3c(-c4ccc(F)cc4)ncn3CC(F)F)nn12)C(F)(F)F.